The second-order valence-electron chi connectivity index (χ2n) is 8.91. The third kappa shape index (κ3) is 4.47. The molecule has 0 aliphatic carbocycles. The van der Waals surface area contributed by atoms with Crippen molar-refractivity contribution in [3.05, 3.63) is 48.1 Å². The molecule has 1 amide bonds. The molecule has 1 aliphatic rings. The number of likely N-dealkylation sites (N-methyl/N-ethyl adjacent to an activating group) is 1. The Hall–Kier alpha value is -4.07. The Labute approximate surface area is 222 Å². The number of thiazole rings is 1. The van der Waals surface area contributed by atoms with Gasteiger partial charge in [-0.05, 0) is 30.7 Å². The fraction of sp³-hybridized carbons (Fsp3) is 0.280. The lowest BCUT2D eigenvalue weighted by molar-refractivity contribution is -0.137. The van der Waals surface area contributed by atoms with E-state index in [0.717, 1.165) is 29.5 Å². The fourth-order valence-electron chi connectivity index (χ4n) is 4.79. The molecule has 1 saturated heterocycles. The second kappa shape index (κ2) is 9.59. The summed E-state index contributed by atoms with van der Waals surface area (Å²) in [5.41, 5.74) is 2.63. The highest BCUT2D eigenvalue weighted by atomic mass is 32.1. The van der Waals surface area contributed by atoms with Gasteiger partial charge >= 0.3 is 12.2 Å². The number of likely N-dealkylation sites (tertiary alicyclic amines) is 1. The zero-order valence-electron chi connectivity index (χ0n) is 20.6. The highest BCUT2D eigenvalue weighted by molar-refractivity contribution is 7.22. The Kier molecular flexibility index (Phi) is 6.53. The zero-order valence-corrected chi connectivity index (χ0v) is 21.5. The Balaban J connectivity index is 1.77. The van der Waals surface area contributed by atoms with Crippen LogP contribution in [0.1, 0.15) is 12.0 Å². The average Bonchev–Trinajstić information content (AvgIpc) is 3.55. The molecule has 1 aliphatic heterocycles. The van der Waals surface area contributed by atoms with Crippen LogP contribution in [-0.2, 0) is 11.0 Å². The highest BCUT2D eigenvalue weighted by Gasteiger charge is 2.39. The second-order valence-corrected chi connectivity index (χ2v) is 9.94. The van der Waals surface area contributed by atoms with Crippen LogP contribution in [0.5, 0.6) is 6.01 Å². The van der Waals surface area contributed by atoms with Gasteiger partial charge in [0, 0.05) is 42.7 Å². The summed E-state index contributed by atoms with van der Waals surface area (Å²) < 4.78 is 79.1. The number of nitrogens with zero attached hydrogens (tertiary/aromatic N) is 5. The summed E-state index contributed by atoms with van der Waals surface area (Å²) in [5, 5.41) is -0.295. The summed E-state index contributed by atoms with van der Waals surface area (Å²) in [7, 11) is 2.84. The topological polar surface area (TPSA) is 97.5 Å². The molecule has 8 nitrogen and oxygen atoms in total. The molecule has 5 rings (SSSR count). The number of nitrogen functional groups attached to an aromatic ring is 1. The minimum absolute atomic E-state index is 0.00661. The molecule has 204 valence electrons. The number of anilines is 2. The molecule has 0 radical (unpaired) electrons. The molecular weight excluding hydrogens is 543 g/mol. The van der Waals surface area contributed by atoms with Crippen LogP contribution in [0.3, 0.4) is 0 Å². The Morgan fingerprint density at radius 3 is 2.67 bits per heavy atom. The predicted octanol–water partition coefficient (Wildman–Crippen LogP) is 5.02. The van der Waals surface area contributed by atoms with Gasteiger partial charge in [-0.25, -0.2) is 13.8 Å². The predicted molar refractivity (Wildman–Crippen MR) is 138 cm³/mol. The number of hydrogen-bond acceptors (Lipinski definition) is 8. The van der Waals surface area contributed by atoms with E-state index in [1.807, 2.05) is 0 Å². The number of amides is 1. The van der Waals surface area contributed by atoms with Crippen LogP contribution in [0.4, 0.5) is 32.9 Å². The molecule has 0 spiro atoms. The third-order valence-corrected chi connectivity index (χ3v) is 7.58. The maximum atomic E-state index is 16.3. The monoisotopic (exact) mass is 564 g/mol. The quantitative estimate of drug-likeness (QED) is 0.269. The number of fused-ring (bicyclic) bond motifs is 2. The first-order chi connectivity index (χ1) is 18.4. The number of alkyl halides is 3. The lowest BCUT2D eigenvalue weighted by Crippen LogP contribution is -2.36. The van der Waals surface area contributed by atoms with E-state index in [1.54, 1.807) is 16.8 Å². The smallest absolute Gasteiger partial charge is 0.417 e. The Bertz CT molecular complexity index is 1640. The average molecular weight is 565 g/mol. The first kappa shape index (κ1) is 26.5. The van der Waals surface area contributed by atoms with E-state index in [1.165, 1.54) is 13.2 Å². The minimum Gasteiger partial charge on any atom is -0.467 e. The van der Waals surface area contributed by atoms with Gasteiger partial charge in [-0.15, -0.1) is 0 Å². The summed E-state index contributed by atoms with van der Waals surface area (Å²) >= 11 is 0.742. The minimum atomic E-state index is -5.01. The van der Waals surface area contributed by atoms with Gasteiger partial charge in [0.05, 0.1) is 22.9 Å². The normalized spacial score (nSPS) is 15.8. The van der Waals surface area contributed by atoms with Gasteiger partial charge in [0.2, 0.25) is 5.91 Å². The Morgan fingerprint density at radius 1 is 1.26 bits per heavy atom. The summed E-state index contributed by atoms with van der Waals surface area (Å²) in [6.45, 7) is 4.15. The van der Waals surface area contributed by atoms with E-state index >= 15 is 4.39 Å². The van der Waals surface area contributed by atoms with Gasteiger partial charge in [0.15, 0.2) is 10.9 Å². The number of carbonyl (C=O) groups is 1. The van der Waals surface area contributed by atoms with Crippen molar-refractivity contribution in [3.63, 3.8) is 0 Å². The van der Waals surface area contributed by atoms with Crippen LogP contribution in [-0.4, -0.2) is 59.0 Å². The third-order valence-electron chi connectivity index (χ3n) is 6.69. The molecular formula is C25H21F5N6O2S. The summed E-state index contributed by atoms with van der Waals surface area (Å²) in [6, 6.07) is 2.14. The molecule has 4 aromatic rings. The van der Waals surface area contributed by atoms with Crippen LogP contribution < -0.4 is 15.4 Å². The molecule has 39 heavy (non-hydrogen) atoms. The lowest BCUT2D eigenvalue weighted by atomic mass is 9.95. The number of nitrogens with two attached hydrogens (primary N) is 1. The number of benzene rings is 2. The zero-order chi connectivity index (χ0) is 28.2. The molecule has 1 atom stereocenters. The Morgan fingerprint density at radius 2 is 2.00 bits per heavy atom. The number of halogens is 5. The van der Waals surface area contributed by atoms with Gasteiger partial charge in [-0.2, -0.15) is 23.1 Å². The molecule has 3 heterocycles. The van der Waals surface area contributed by atoms with Crippen molar-refractivity contribution < 1.29 is 31.5 Å². The standard InChI is InChI=1S/C25H21F5N6O2S/c1-4-16(37)36-8-7-11(10-36)35(2)22-13-9-14(25(28,29)30)17(18(27)19(13)33-24(34-22)38-3)12-5-6-15(26)21-20(12)32-23(31)39-21/h4-6,9,11H,1,7-8,10H2,2-3H3,(H2,31,32). The van der Waals surface area contributed by atoms with Crippen molar-refractivity contribution in [2.24, 2.45) is 0 Å². The first-order valence-corrected chi connectivity index (χ1v) is 12.4. The largest absolute Gasteiger partial charge is 0.467 e. The highest BCUT2D eigenvalue weighted by Crippen LogP contribution is 2.46. The first-order valence-electron chi connectivity index (χ1n) is 11.6. The maximum absolute atomic E-state index is 16.3. The summed E-state index contributed by atoms with van der Waals surface area (Å²) in [5.74, 6) is -2.33. The molecule has 1 fully saturated rings. The van der Waals surface area contributed by atoms with Crippen LogP contribution >= 0.6 is 11.3 Å². The van der Waals surface area contributed by atoms with Crippen LogP contribution in [0.15, 0.2) is 30.9 Å². The van der Waals surface area contributed by atoms with E-state index in [0.29, 0.717) is 13.0 Å². The van der Waals surface area contributed by atoms with Crippen molar-refractivity contribution in [1.82, 2.24) is 19.9 Å². The van der Waals surface area contributed by atoms with E-state index in [2.05, 4.69) is 21.5 Å². The summed E-state index contributed by atoms with van der Waals surface area (Å²) in [4.78, 5) is 27.4. The molecule has 1 unspecified atom stereocenters. The number of ether oxygens (including phenoxy) is 1. The number of rotatable bonds is 5. The van der Waals surface area contributed by atoms with Crippen molar-refractivity contribution in [2.45, 2.75) is 18.6 Å². The molecule has 2 aromatic heterocycles. The van der Waals surface area contributed by atoms with Crippen molar-refractivity contribution >= 4 is 49.3 Å². The van der Waals surface area contributed by atoms with Crippen LogP contribution in [0.25, 0.3) is 32.2 Å². The van der Waals surface area contributed by atoms with Gasteiger partial charge in [-0.3, -0.25) is 4.79 Å². The lowest BCUT2D eigenvalue weighted by Gasteiger charge is -2.27. The SMILES string of the molecule is C=CC(=O)N1CCC(N(C)c2nc(OC)nc3c(F)c(-c4ccc(F)c5sc(N)nc45)c(C(F)(F)F)cc23)C1. The number of aromatic nitrogens is 3. The molecule has 2 N–H and O–H groups in total. The van der Waals surface area contributed by atoms with Crippen molar-refractivity contribution in [3.8, 4) is 17.1 Å². The van der Waals surface area contributed by atoms with Gasteiger partial charge < -0.3 is 20.3 Å². The van der Waals surface area contributed by atoms with Gasteiger partial charge in [0.25, 0.3) is 0 Å². The van der Waals surface area contributed by atoms with E-state index in [4.69, 9.17) is 10.5 Å². The molecule has 0 bridgehead atoms. The molecule has 2 aromatic carbocycles. The molecule has 14 heteroatoms. The van der Waals surface area contributed by atoms with Gasteiger partial charge in [-0.1, -0.05) is 17.9 Å². The van der Waals surface area contributed by atoms with Crippen LogP contribution in [0, 0.1) is 11.6 Å². The van der Waals surface area contributed by atoms with Crippen molar-refractivity contribution in [1.29, 1.82) is 0 Å². The van der Waals surface area contributed by atoms with E-state index < -0.39 is 34.5 Å². The van der Waals surface area contributed by atoms with Crippen LogP contribution in [0.2, 0.25) is 0 Å². The molecule has 0 saturated carbocycles. The maximum Gasteiger partial charge on any atom is 0.417 e. The summed E-state index contributed by atoms with van der Waals surface area (Å²) in [6.07, 6.45) is -3.33. The van der Waals surface area contributed by atoms with Crippen molar-refractivity contribution in [2.75, 3.05) is 37.9 Å². The number of methoxy groups -OCH3 is 1. The van der Waals surface area contributed by atoms with E-state index in [9.17, 15) is 22.4 Å². The fourth-order valence-corrected chi connectivity index (χ4v) is 5.56. The van der Waals surface area contributed by atoms with Gasteiger partial charge in [0.1, 0.15) is 17.2 Å². The number of hydrogen-bond donors (Lipinski definition) is 1. The van der Waals surface area contributed by atoms with E-state index in [-0.39, 0.29) is 56.6 Å². The number of carbonyl (C=O) groups excluding carboxylic acids is 1.